The zero-order valence-electron chi connectivity index (χ0n) is 7.06. The molecule has 0 N–H and O–H groups in total. The van der Waals surface area contributed by atoms with E-state index in [1.807, 2.05) is 12.2 Å². The van der Waals surface area contributed by atoms with Gasteiger partial charge in [-0.3, -0.25) is 6.08 Å². The summed E-state index contributed by atoms with van der Waals surface area (Å²) in [6.07, 6.45) is 10.0. The Labute approximate surface area is 97.1 Å². The van der Waals surface area contributed by atoms with Gasteiger partial charge in [-0.15, -0.1) is 6.42 Å². The predicted octanol–water partition coefficient (Wildman–Crippen LogP) is 2.98. The molecule has 0 aromatic rings. The molecule has 0 aromatic heterocycles. The van der Waals surface area contributed by atoms with Gasteiger partial charge in [0.25, 0.3) is 0 Å². The summed E-state index contributed by atoms with van der Waals surface area (Å²) < 4.78 is 0. The zero-order chi connectivity index (χ0) is 7.54. The molecule has 0 amide bonds. The van der Waals surface area contributed by atoms with Crippen LogP contribution in [0.3, 0.4) is 0 Å². The van der Waals surface area contributed by atoms with Crippen LogP contribution in [0.25, 0.3) is 0 Å². The molecule has 67 valence electrons. The van der Waals surface area contributed by atoms with Gasteiger partial charge in [-0.1, -0.05) is 0 Å². The normalized spacial score (nSPS) is 9.09. The van der Waals surface area contributed by atoms with Crippen LogP contribution in [0.5, 0.6) is 0 Å². The molecule has 0 nitrogen and oxygen atoms in total. The van der Waals surface area contributed by atoms with Gasteiger partial charge in [0, 0.05) is 19.5 Å². The molecule has 1 aliphatic carbocycles. The Kier molecular flexibility index (Phi) is 63.6. The van der Waals surface area contributed by atoms with Crippen LogP contribution >= 0.6 is 0 Å². The Balaban J connectivity index is -0.0000000369. The quantitative estimate of drug-likeness (QED) is 0.474. The molecule has 0 saturated carbocycles. The van der Waals surface area contributed by atoms with Gasteiger partial charge >= 0.3 is 19.5 Å². The maximum Gasteiger partial charge on any atom is 3.00 e. The average molecular weight is 325 g/mol. The van der Waals surface area contributed by atoms with E-state index < -0.39 is 0 Å². The van der Waals surface area contributed by atoms with Crippen LogP contribution in [0.15, 0.2) is 18.2 Å². The van der Waals surface area contributed by atoms with Crippen LogP contribution in [0.2, 0.25) is 0 Å². The number of allylic oxidation sites excluding steroid dienone is 4. The molecule has 0 atom stereocenters. The summed E-state index contributed by atoms with van der Waals surface area (Å²) in [5.74, 6) is 0. The fraction of sp³-hybridized carbons (Fsp3) is 0.333. The maximum atomic E-state index is 3.25. The third kappa shape index (κ3) is 24.9. The van der Waals surface area contributed by atoms with E-state index in [0.717, 1.165) is 6.42 Å². The van der Waals surface area contributed by atoms with Gasteiger partial charge < -0.3 is 13.8 Å². The molecule has 11 heavy (non-hydrogen) atoms. The van der Waals surface area contributed by atoms with Crippen molar-refractivity contribution in [2.24, 2.45) is 0 Å². The van der Waals surface area contributed by atoms with Crippen LogP contribution < -0.4 is 0 Å². The van der Waals surface area contributed by atoms with Gasteiger partial charge in [0.1, 0.15) is 0 Å². The summed E-state index contributed by atoms with van der Waals surface area (Å²) in [5.41, 5.74) is 0. The Hall–Kier alpha value is 0.727. The molecular weight excluding hydrogens is 310 g/mol. The number of hydrogen-bond donors (Lipinski definition) is 0. The molecule has 0 unspecified atom stereocenters. The molecular formula is C9H15Ru2. The van der Waals surface area contributed by atoms with Crippen LogP contribution in [-0.2, 0) is 39.0 Å². The van der Waals surface area contributed by atoms with Crippen molar-refractivity contribution in [3.05, 3.63) is 38.2 Å². The second kappa shape index (κ2) is 30.9. The molecule has 0 saturated heterocycles. The summed E-state index contributed by atoms with van der Waals surface area (Å²) in [6.45, 7) is 10.0. The van der Waals surface area contributed by atoms with Crippen LogP contribution in [0.1, 0.15) is 20.3 Å². The van der Waals surface area contributed by atoms with Gasteiger partial charge in [-0.2, -0.15) is 19.9 Å². The largest absolute Gasteiger partial charge is 3.00 e. The standard InChI is InChI=1S/C5H5.2C2H5.2Ru/c1-2-4-5-3-1;2*1-2;;/h1-3H,4H2;2*1H2,2H3;;/q3*-1;;+3. The second-order valence-electron chi connectivity index (χ2n) is 1.00. The van der Waals surface area contributed by atoms with E-state index in [9.17, 15) is 0 Å². The molecule has 1 radical (unpaired) electrons. The van der Waals surface area contributed by atoms with Crippen molar-refractivity contribution in [2.45, 2.75) is 20.3 Å². The van der Waals surface area contributed by atoms with Crippen molar-refractivity contribution >= 4 is 0 Å². The van der Waals surface area contributed by atoms with Crippen molar-refractivity contribution in [3.8, 4) is 0 Å². The van der Waals surface area contributed by atoms with Gasteiger partial charge in [0.05, 0.1) is 0 Å². The number of rotatable bonds is 0. The average Bonchev–Trinajstić information content (AvgIpc) is 2.51. The SMILES string of the molecule is [C-]1=CC=CC1.[CH2-]C.[CH2-]C.[Ru+3].[Ru]. The van der Waals surface area contributed by atoms with Gasteiger partial charge in [-0.25, -0.2) is 12.2 Å². The molecule has 1 rings (SSSR count). The van der Waals surface area contributed by atoms with E-state index in [4.69, 9.17) is 0 Å². The van der Waals surface area contributed by atoms with E-state index in [1.54, 1.807) is 13.8 Å². The fourth-order valence-electron chi connectivity index (χ4n) is 0.340. The Bertz CT molecular complexity index is 65.6. The molecule has 1 aliphatic rings. The molecule has 0 spiro atoms. The topological polar surface area (TPSA) is 0 Å². The van der Waals surface area contributed by atoms with Crippen LogP contribution in [0.4, 0.5) is 0 Å². The van der Waals surface area contributed by atoms with Gasteiger partial charge in [-0.05, 0) is 0 Å². The van der Waals surface area contributed by atoms with Crippen LogP contribution in [0, 0.1) is 19.9 Å². The fourth-order valence-corrected chi connectivity index (χ4v) is 0.340. The maximum absolute atomic E-state index is 3.25. The molecule has 0 aromatic carbocycles. The van der Waals surface area contributed by atoms with Crippen molar-refractivity contribution in [1.82, 2.24) is 0 Å². The third-order valence-electron chi connectivity index (χ3n) is 0.586. The molecule has 0 fully saturated rings. The predicted molar refractivity (Wildman–Crippen MR) is 43.6 cm³/mol. The van der Waals surface area contributed by atoms with E-state index in [-0.39, 0.29) is 39.0 Å². The first-order valence-corrected chi connectivity index (χ1v) is 3.13. The minimum atomic E-state index is 0. The van der Waals surface area contributed by atoms with Gasteiger partial charge in [0.2, 0.25) is 0 Å². The smallest absolute Gasteiger partial charge is 0.346 e. The van der Waals surface area contributed by atoms with Crippen molar-refractivity contribution in [3.63, 3.8) is 0 Å². The van der Waals surface area contributed by atoms with Crippen LogP contribution in [-0.4, -0.2) is 0 Å². The van der Waals surface area contributed by atoms with Crippen molar-refractivity contribution < 1.29 is 39.0 Å². The zero-order valence-corrected chi connectivity index (χ0v) is 10.5. The summed E-state index contributed by atoms with van der Waals surface area (Å²) in [6, 6.07) is 0. The van der Waals surface area contributed by atoms with E-state index in [1.165, 1.54) is 0 Å². The minimum absolute atomic E-state index is 0. The first kappa shape index (κ1) is 22.6. The summed E-state index contributed by atoms with van der Waals surface area (Å²) >= 11 is 0. The summed E-state index contributed by atoms with van der Waals surface area (Å²) in [7, 11) is 0. The molecule has 0 bridgehead atoms. The van der Waals surface area contributed by atoms with E-state index >= 15 is 0 Å². The first-order valence-electron chi connectivity index (χ1n) is 3.13. The Morgan fingerprint density at radius 2 is 1.64 bits per heavy atom. The van der Waals surface area contributed by atoms with Crippen molar-refractivity contribution in [1.29, 1.82) is 0 Å². The minimum Gasteiger partial charge on any atom is -0.346 e. The van der Waals surface area contributed by atoms with E-state index in [2.05, 4.69) is 26.0 Å². The Morgan fingerprint density at radius 3 is 1.73 bits per heavy atom. The van der Waals surface area contributed by atoms with E-state index in [0.29, 0.717) is 0 Å². The summed E-state index contributed by atoms with van der Waals surface area (Å²) in [5, 5.41) is 0. The monoisotopic (exact) mass is 327 g/mol. The van der Waals surface area contributed by atoms with Crippen molar-refractivity contribution in [2.75, 3.05) is 0 Å². The molecule has 0 heterocycles. The van der Waals surface area contributed by atoms with Gasteiger partial charge in [0.15, 0.2) is 0 Å². The number of hydrogen-bond acceptors (Lipinski definition) is 0. The molecule has 0 aliphatic heterocycles. The third-order valence-corrected chi connectivity index (χ3v) is 0.586. The Morgan fingerprint density at radius 1 is 1.18 bits per heavy atom. The summed E-state index contributed by atoms with van der Waals surface area (Å²) in [4.78, 5) is 0. The molecule has 2 heteroatoms. The first-order chi connectivity index (χ1) is 4.50. The second-order valence-corrected chi connectivity index (χ2v) is 1.00.